The van der Waals surface area contributed by atoms with Crippen LogP contribution in [0.15, 0.2) is 28.8 Å². The number of para-hydroxylation sites is 1. The van der Waals surface area contributed by atoms with Crippen LogP contribution in [0.5, 0.6) is 5.75 Å². The Kier molecular flexibility index (Phi) is 3.15. The Bertz CT molecular complexity index is 636. The van der Waals surface area contributed by atoms with Crippen LogP contribution in [0.1, 0.15) is 36.0 Å². The van der Waals surface area contributed by atoms with Crippen molar-refractivity contribution in [3.63, 3.8) is 0 Å². The first-order chi connectivity index (χ1) is 10.3. The van der Waals surface area contributed by atoms with Crippen LogP contribution in [0.4, 0.5) is 0 Å². The Morgan fingerprint density at radius 3 is 3.00 bits per heavy atom. The van der Waals surface area contributed by atoms with Gasteiger partial charge in [0.1, 0.15) is 5.75 Å². The van der Waals surface area contributed by atoms with Crippen molar-refractivity contribution in [3.8, 4) is 5.75 Å². The molecule has 1 aliphatic heterocycles. The molecule has 0 amide bonds. The van der Waals surface area contributed by atoms with Crippen molar-refractivity contribution in [2.24, 2.45) is 11.7 Å². The van der Waals surface area contributed by atoms with E-state index in [1.165, 1.54) is 18.4 Å². The Balaban J connectivity index is 1.46. The molecule has 2 unspecified atom stereocenters. The fourth-order valence-electron chi connectivity index (χ4n) is 2.90. The summed E-state index contributed by atoms with van der Waals surface area (Å²) in [4.78, 5) is 4.52. The summed E-state index contributed by atoms with van der Waals surface area (Å²) in [6.07, 6.45) is 4.04. The number of benzene rings is 1. The van der Waals surface area contributed by atoms with E-state index in [1.54, 1.807) is 0 Å². The molecule has 110 valence electrons. The van der Waals surface area contributed by atoms with Crippen LogP contribution in [0.2, 0.25) is 0 Å². The van der Waals surface area contributed by atoms with Gasteiger partial charge < -0.3 is 15.0 Å². The van der Waals surface area contributed by atoms with Crippen molar-refractivity contribution < 1.29 is 9.26 Å². The standard InChI is InChI=1S/C16H19N3O2/c17-13(10-5-6-10)8-15-18-16(19-21-15)12-7-11-3-1-2-4-14(11)20-9-12/h1-4,10,12-13H,5-9,17H2. The van der Waals surface area contributed by atoms with E-state index in [1.807, 2.05) is 18.2 Å². The lowest BCUT2D eigenvalue weighted by Gasteiger charge is -2.22. The van der Waals surface area contributed by atoms with Gasteiger partial charge in [-0.2, -0.15) is 4.98 Å². The van der Waals surface area contributed by atoms with Gasteiger partial charge >= 0.3 is 0 Å². The van der Waals surface area contributed by atoms with Gasteiger partial charge in [0.25, 0.3) is 0 Å². The zero-order valence-electron chi connectivity index (χ0n) is 11.9. The first kappa shape index (κ1) is 12.8. The van der Waals surface area contributed by atoms with Crippen LogP contribution < -0.4 is 10.5 Å². The molecule has 1 aromatic carbocycles. The molecule has 2 atom stereocenters. The van der Waals surface area contributed by atoms with Crippen LogP contribution in [0.25, 0.3) is 0 Å². The van der Waals surface area contributed by atoms with Gasteiger partial charge in [0.15, 0.2) is 5.82 Å². The number of hydrogen-bond donors (Lipinski definition) is 1. The average molecular weight is 285 g/mol. The highest BCUT2D eigenvalue weighted by Gasteiger charge is 2.31. The molecule has 5 heteroatoms. The van der Waals surface area contributed by atoms with Crippen molar-refractivity contribution in [2.75, 3.05) is 6.61 Å². The highest BCUT2D eigenvalue weighted by atomic mass is 16.5. The third-order valence-electron chi connectivity index (χ3n) is 4.37. The van der Waals surface area contributed by atoms with E-state index in [0.717, 1.165) is 18.0 Å². The maximum Gasteiger partial charge on any atom is 0.228 e. The molecule has 2 aromatic rings. The molecule has 1 saturated carbocycles. The molecule has 2 aliphatic rings. The predicted octanol–water partition coefficient (Wildman–Crippen LogP) is 2.07. The SMILES string of the molecule is NC(Cc1nc(C2COc3ccccc3C2)no1)C1CC1. The summed E-state index contributed by atoms with van der Waals surface area (Å²) < 4.78 is 11.1. The minimum atomic E-state index is 0.154. The molecule has 0 radical (unpaired) electrons. The Hall–Kier alpha value is -1.88. The highest BCUT2D eigenvalue weighted by molar-refractivity contribution is 5.36. The minimum absolute atomic E-state index is 0.154. The molecule has 1 fully saturated rings. The van der Waals surface area contributed by atoms with Crippen LogP contribution in [-0.4, -0.2) is 22.8 Å². The highest BCUT2D eigenvalue weighted by Crippen LogP contribution is 2.33. The average Bonchev–Trinajstić information content (AvgIpc) is 3.27. The van der Waals surface area contributed by atoms with Crippen molar-refractivity contribution >= 4 is 0 Å². The summed E-state index contributed by atoms with van der Waals surface area (Å²) in [5, 5.41) is 4.12. The van der Waals surface area contributed by atoms with Gasteiger partial charge in [-0.1, -0.05) is 23.4 Å². The number of aromatic nitrogens is 2. The van der Waals surface area contributed by atoms with E-state index in [2.05, 4.69) is 16.2 Å². The van der Waals surface area contributed by atoms with Crippen LogP contribution in [0.3, 0.4) is 0 Å². The minimum Gasteiger partial charge on any atom is -0.493 e. The first-order valence-electron chi connectivity index (χ1n) is 7.58. The lowest BCUT2D eigenvalue weighted by atomic mass is 9.96. The number of rotatable bonds is 4. The molecule has 21 heavy (non-hydrogen) atoms. The number of hydrogen-bond acceptors (Lipinski definition) is 5. The molecule has 1 aromatic heterocycles. The zero-order valence-corrected chi connectivity index (χ0v) is 11.9. The number of fused-ring (bicyclic) bond motifs is 1. The Labute approximate surface area is 123 Å². The van der Waals surface area contributed by atoms with E-state index >= 15 is 0 Å². The zero-order chi connectivity index (χ0) is 14.2. The maximum absolute atomic E-state index is 6.11. The molecular formula is C16H19N3O2. The van der Waals surface area contributed by atoms with Crippen molar-refractivity contribution in [1.82, 2.24) is 10.1 Å². The topological polar surface area (TPSA) is 74.2 Å². The molecule has 0 saturated heterocycles. The molecule has 0 spiro atoms. The number of nitrogens with two attached hydrogens (primary N) is 1. The molecule has 0 bridgehead atoms. The Morgan fingerprint density at radius 2 is 2.14 bits per heavy atom. The first-order valence-corrected chi connectivity index (χ1v) is 7.58. The summed E-state index contributed by atoms with van der Waals surface area (Å²) in [5.41, 5.74) is 7.31. The third-order valence-corrected chi connectivity index (χ3v) is 4.37. The summed E-state index contributed by atoms with van der Waals surface area (Å²) in [5.74, 6) is 3.17. The second-order valence-corrected chi connectivity index (χ2v) is 6.07. The normalized spacial score (nSPS) is 22.4. The molecular weight excluding hydrogens is 266 g/mol. The molecule has 4 rings (SSSR count). The lowest BCUT2D eigenvalue weighted by molar-refractivity contribution is 0.253. The largest absolute Gasteiger partial charge is 0.493 e. The van der Waals surface area contributed by atoms with E-state index in [4.69, 9.17) is 15.0 Å². The summed E-state index contributed by atoms with van der Waals surface area (Å²) >= 11 is 0. The van der Waals surface area contributed by atoms with Crippen LogP contribution >= 0.6 is 0 Å². The van der Waals surface area contributed by atoms with Crippen LogP contribution in [0, 0.1) is 5.92 Å². The fraction of sp³-hybridized carbons (Fsp3) is 0.500. The Morgan fingerprint density at radius 1 is 1.29 bits per heavy atom. The van der Waals surface area contributed by atoms with Gasteiger partial charge in [-0.3, -0.25) is 0 Å². The van der Waals surface area contributed by atoms with Gasteiger partial charge in [0.05, 0.1) is 12.5 Å². The van der Waals surface area contributed by atoms with Crippen molar-refractivity contribution in [2.45, 2.75) is 37.6 Å². The predicted molar refractivity (Wildman–Crippen MR) is 77.1 cm³/mol. The second kappa shape index (κ2) is 5.15. The van der Waals surface area contributed by atoms with Gasteiger partial charge in [-0.25, -0.2) is 0 Å². The smallest absolute Gasteiger partial charge is 0.228 e. The summed E-state index contributed by atoms with van der Waals surface area (Å²) in [6, 6.07) is 8.26. The van der Waals surface area contributed by atoms with Gasteiger partial charge in [-0.05, 0) is 36.8 Å². The number of nitrogens with zero attached hydrogens (tertiary/aromatic N) is 2. The molecule has 2 N–H and O–H groups in total. The lowest BCUT2D eigenvalue weighted by Crippen LogP contribution is -2.25. The van der Waals surface area contributed by atoms with Gasteiger partial charge in [0, 0.05) is 12.5 Å². The summed E-state index contributed by atoms with van der Waals surface area (Å²) in [6.45, 7) is 0.602. The second-order valence-electron chi connectivity index (χ2n) is 6.07. The van der Waals surface area contributed by atoms with Crippen LogP contribution in [-0.2, 0) is 12.8 Å². The van der Waals surface area contributed by atoms with Crippen molar-refractivity contribution in [3.05, 3.63) is 41.5 Å². The monoisotopic (exact) mass is 285 g/mol. The van der Waals surface area contributed by atoms with Gasteiger partial charge in [0.2, 0.25) is 5.89 Å². The molecule has 5 nitrogen and oxygen atoms in total. The maximum atomic E-state index is 6.11. The third kappa shape index (κ3) is 2.65. The molecule has 2 heterocycles. The summed E-state index contributed by atoms with van der Waals surface area (Å²) in [7, 11) is 0. The van der Waals surface area contributed by atoms with E-state index in [9.17, 15) is 0 Å². The van der Waals surface area contributed by atoms with E-state index < -0.39 is 0 Å². The fourth-order valence-corrected chi connectivity index (χ4v) is 2.90. The van der Waals surface area contributed by atoms with Crippen molar-refractivity contribution in [1.29, 1.82) is 0 Å². The van der Waals surface area contributed by atoms with E-state index in [0.29, 0.717) is 24.8 Å². The molecule has 1 aliphatic carbocycles. The van der Waals surface area contributed by atoms with Gasteiger partial charge in [-0.15, -0.1) is 0 Å². The van der Waals surface area contributed by atoms with E-state index in [-0.39, 0.29) is 12.0 Å². The number of ether oxygens (including phenoxy) is 1. The quantitative estimate of drug-likeness (QED) is 0.930.